The van der Waals surface area contributed by atoms with Crippen molar-refractivity contribution in [3.05, 3.63) is 59.3 Å². The standard InChI is InChI=1S/C20H19N3O/c1-12-4-7-17-15(8-12)20(19(24)22(17)2)10-16(20)13-5-6-14-11-21-23(3)18(14)9-13/h4-9,11,16H,10H2,1-3H3/t16-,20-/m1/s1. The number of aromatic nitrogens is 2. The molecular weight excluding hydrogens is 298 g/mol. The minimum Gasteiger partial charge on any atom is -0.314 e. The molecule has 1 saturated carbocycles. The van der Waals surface area contributed by atoms with Gasteiger partial charge in [-0.05, 0) is 36.6 Å². The van der Waals surface area contributed by atoms with Crippen LogP contribution in [0.3, 0.4) is 0 Å². The predicted molar refractivity (Wildman–Crippen MR) is 94.3 cm³/mol. The predicted octanol–water partition coefficient (Wildman–Crippen LogP) is 3.28. The summed E-state index contributed by atoms with van der Waals surface area (Å²) in [6.45, 7) is 2.09. The second-order valence-electron chi connectivity index (χ2n) is 7.20. The van der Waals surface area contributed by atoms with Crippen molar-refractivity contribution in [3.8, 4) is 0 Å². The van der Waals surface area contributed by atoms with Gasteiger partial charge in [-0.15, -0.1) is 0 Å². The molecule has 1 aliphatic heterocycles. The van der Waals surface area contributed by atoms with Crippen LogP contribution in [-0.2, 0) is 17.3 Å². The molecule has 3 aromatic rings. The molecule has 2 heterocycles. The van der Waals surface area contributed by atoms with Gasteiger partial charge in [-0.25, -0.2) is 0 Å². The van der Waals surface area contributed by atoms with E-state index in [1.54, 1.807) is 0 Å². The molecule has 0 unspecified atom stereocenters. The molecular formula is C20H19N3O. The number of hydrogen-bond acceptors (Lipinski definition) is 2. The lowest BCUT2D eigenvalue weighted by molar-refractivity contribution is -0.120. The summed E-state index contributed by atoms with van der Waals surface area (Å²) in [5.41, 5.74) is 5.48. The van der Waals surface area contributed by atoms with Crippen LogP contribution in [0.5, 0.6) is 0 Å². The number of likely N-dealkylation sites (N-methyl/N-ethyl adjacent to an activating group) is 1. The van der Waals surface area contributed by atoms with E-state index in [9.17, 15) is 4.79 Å². The van der Waals surface area contributed by atoms with Crippen LogP contribution in [-0.4, -0.2) is 22.7 Å². The maximum absolute atomic E-state index is 13.0. The number of nitrogens with zero attached hydrogens (tertiary/aromatic N) is 3. The van der Waals surface area contributed by atoms with E-state index in [0.29, 0.717) is 0 Å². The molecule has 1 spiro atoms. The first-order valence-corrected chi connectivity index (χ1v) is 8.33. The van der Waals surface area contributed by atoms with Crippen molar-refractivity contribution in [2.24, 2.45) is 7.05 Å². The van der Waals surface area contributed by atoms with Crippen molar-refractivity contribution >= 4 is 22.5 Å². The molecule has 0 saturated heterocycles. The molecule has 24 heavy (non-hydrogen) atoms. The molecule has 5 rings (SSSR count). The molecule has 2 atom stereocenters. The molecule has 2 aromatic carbocycles. The Bertz CT molecular complexity index is 1020. The monoisotopic (exact) mass is 317 g/mol. The number of carbonyl (C=O) groups is 1. The Kier molecular flexibility index (Phi) is 2.45. The van der Waals surface area contributed by atoms with E-state index in [0.717, 1.165) is 23.0 Å². The maximum atomic E-state index is 13.0. The summed E-state index contributed by atoms with van der Waals surface area (Å²) in [6, 6.07) is 12.8. The van der Waals surface area contributed by atoms with Gasteiger partial charge < -0.3 is 4.90 Å². The first kappa shape index (κ1) is 13.8. The highest BCUT2D eigenvalue weighted by molar-refractivity contribution is 6.11. The van der Waals surface area contributed by atoms with Crippen LogP contribution < -0.4 is 4.90 Å². The molecule has 2 aliphatic rings. The Hall–Kier alpha value is -2.62. The number of aryl methyl sites for hydroxylation is 2. The number of benzene rings is 2. The average Bonchev–Trinajstić information content (AvgIpc) is 3.19. The van der Waals surface area contributed by atoms with Crippen LogP contribution in [0.25, 0.3) is 10.9 Å². The minimum atomic E-state index is -0.359. The number of hydrogen-bond donors (Lipinski definition) is 0. The van der Waals surface area contributed by atoms with E-state index in [1.165, 1.54) is 16.7 Å². The third-order valence-corrected chi connectivity index (χ3v) is 5.82. The normalized spacial score (nSPS) is 24.9. The van der Waals surface area contributed by atoms with Gasteiger partial charge in [0.1, 0.15) is 0 Å². The molecule has 4 nitrogen and oxygen atoms in total. The van der Waals surface area contributed by atoms with Crippen LogP contribution in [0.4, 0.5) is 5.69 Å². The number of anilines is 1. The van der Waals surface area contributed by atoms with Crippen LogP contribution >= 0.6 is 0 Å². The Morgan fingerprint density at radius 2 is 2.00 bits per heavy atom. The minimum absolute atomic E-state index is 0.234. The third kappa shape index (κ3) is 1.53. The first-order chi connectivity index (χ1) is 11.5. The molecule has 0 radical (unpaired) electrons. The fourth-order valence-corrected chi connectivity index (χ4v) is 4.40. The summed E-state index contributed by atoms with van der Waals surface area (Å²) >= 11 is 0. The molecule has 1 amide bonds. The number of carbonyl (C=O) groups excluding carboxylic acids is 1. The molecule has 1 aliphatic carbocycles. The second-order valence-corrected chi connectivity index (χ2v) is 7.20. The highest BCUT2D eigenvalue weighted by Gasteiger charge is 2.66. The number of fused-ring (bicyclic) bond motifs is 3. The van der Waals surface area contributed by atoms with Crippen LogP contribution in [0.15, 0.2) is 42.6 Å². The van der Waals surface area contributed by atoms with E-state index < -0.39 is 0 Å². The maximum Gasteiger partial charge on any atom is 0.238 e. The largest absolute Gasteiger partial charge is 0.314 e. The lowest BCUT2D eigenvalue weighted by Gasteiger charge is -2.11. The molecule has 1 fully saturated rings. The van der Waals surface area contributed by atoms with Gasteiger partial charge >= 0.3 is 0 Å². The molecule has 0 N–H and O–H groups in total. The van der Waals surface area contributed by atoms with Crippen molar-refractivity contribution in [3.63, 3.8) is 0 Å². The van der Waals surface area contributed by atoms with Crippen molar-refractivity contribution in [1.82, 2.24) is 9.78 Å². The van der Waals surface area contributed by atoms with Gasteiger partial charge in [-0.3, -0.25) is 9.48 Å². The quantitative estimate of drug-likeness (QED) is 0.691. The lowest BCUT2D eigenvalue weighted by Crippen LogP contribution is -2.29. The van der Waals surface area contributed by atoms with Gasteiger partial charge in [-0.1, -0.05) is 29.8 Å². The summed E-state index contributed by atoms with van der Waals surface area (Å²) in [5, 5.41) is 5.46. The van der Waals surface area contributed by atoms with Crippen molar-refractivity contribution < 1.29 is 4.79 Å². The van der Waals surface area contributed by atoms with E-state index in [1.807, 2.05) is 29.9 Å². The van der Waals surface area contributed by atoms with Gasteiger partial charge in [0.2, 0.25) is 5.91 Å². The van der Waals surface area contributed by atoms with E-state index in [4.69, 9.17) is 0 Å². The second kappa shape index (κ2) is 4.26. The topological polar surface area (TPSA) is 38.1 Å². The zero-order chi connectivity index (χ0) is 16.6. The molecule has 0 bridgehead atoms. The van der Waals surface area contributed by atoms with Gasteiger partial charge in [0.25, 0.3) is 0 Å². The highest BCUT2D eigenvalue weighted by atomic mass is 16.2. The van der Waals surface area contributed by atoms with Crippen molar-refractivity contribution in [1.29, 1.82) is 0 Å². The smallest absolute Gasteiger partial charge is 0.238 e. The number of amides is 1. The molecule has 4 heteroatoms. The summed E-state index contributed by atoms with van der Waals surface area (Å²) < 4.78 is 1.90. The zero-order valence-corrected chi connectivity index (χ0v) is 14.1. The Morgan fingerprint density at radius 3 is 2.83 bits per heavy atom. The summed E-state index contributed by atoms with van der Waals surface area (Å²) in [7, 11) is 3.85. The third-order valence-electron chi connectivity index (χ3n) is 5.82. The van der Waals surface area contributed by atoms with E-state index >= 15 is 0 Å². The summed E-state index contributed by atoms with van der Waals surface area (Å²) in [4.78, 5) is 14.9. The van der Waals surface area contributed by atoms with Gasteiger partial charge in [0.05, 0.1) is 17.1 Å². The summed E-state index contributed by atoms with van der Waals surface area (Å²) in [6.07, 6.45) is 2.78. The number of rotatable bonds is 1. The van der Waals surface area contributed by atoms with E-state index in [-0.39, 0.29) is 17.2 Å². The van der Waals surface area contributed by atoms with E-state index in [2.05, 4.69) is 48.4 Å². The SMILES string of the molecule is Cc1ccc2c(c1)[C@@]1(C[C@@H]1c1ccc3cnn(C)c3c1)C(=O)N2C. The lowest BCUT2D eigenvalue weighted by atomic mass is 9.91. The van der Waals surface area contributed by atoms with Crippen molar-refractivity contribution in [2.45, 2.75) is 24.7 Å². The Morgan fingerprint density at radius 1 is 1.17 bits per heavy atom. The van der Waals surface area contributed by atoms with Gasteiger partial charge in [-0.2, -0.15) is 5.10 Å². The average molecular weight is 317 g/mol. The van der Waals surface area contributed by atoms with Gasteiger partial charge in [0.15, 0.2) is 0 Å². The van der Waals surface area contributed by atoms with Crippen LogP contribution in [0, 0.1) is 6.92 Å². The van der Waals surface area contributed by atoms with Crippen molar-refractivity contribution in [2.75, 3.05) is 11.9 Å². The first-order valence-electron chi connectivity index (χ1n) is 8.33. The fourth-order valence-electron chi connectivity index (χ4n) is 4.40. The Labute approximate surface area is 140 Å². The van der Waals surface area contributed by atoms with Gasteiger partial charge in [0, 0.05) is 31.1 Å². The fraction of sp³-hybridized carbons (Fsp3) is 0.300. The summed E-state index contributed by atoms with van der Waals surface area (Å²) in [5.74, 6) is 0.494. The Balaban J connectivity index is 1.65. The molecule has 1 aromatic heterocycles. The van der Waals surface area contributed by atoms with Crippen LogP contribution in [0.1, 0.15) is 29.0 Å². The van der Waals surface area contributed by atoms with Crippen LogP contribution in [0.2, 0.25) is 0 Å². The highest BCUT2D eigenvalue weighted by Crippen LogP contribution is 2.66. The molecule has 120 valence electrons. The zero-order valence-electron chi connectivity index (χ0n) is 14.1.